The molecule has 0 aromatic heterocycles. The molecule has 0 spiro atoms. The van der Waals surface area contributed by atoms with E-state index in [1.165, 1.54) is 21.1 Å². The number of benzene rings is 2. The van der Waals surface area contributed by atoms with Gasteiger partial charge in [-0.2, -0.15) is 0 Å². The van der Waals surface area contributed by atoms with Crippen LogP contribution in [-0.4, -0.2) is 78.8 Å². The monoisotopic (exact) mass is 475 g/mol. The molecule has 0 N–H and O–H groups in total. The molecule has 34 heavy (non-hydrogen) atoms. The van der Waals surface area contributed by atoms with Crippen molar-refractivity contribution in [2.24, 2.45) is 0 Å². The third kappa shape index (κ3) is 6.93. The highest BCUT2D eigenvalue weighted by Gasteiger charge is 2.27. The first-order valence-electron chi connectivity index (χ1n) is 10.7. The Morgan fingerprint density at radius 3 is 2.18 bits per heavy atom. The lowest BCUT2D eigenvalue weighted by atomic mass is 9.89. The van der Waals surface area contributed by atoms with Crippen LogP contribution in [0.1, 0.15) is 22.8 Å². The van der Waals surface area contributed by atoms with Crippen molar-refractivity contribution in [3.8, 4) is 28.4 Å². The van der Waals surface area contributed by atoms with E-state index < -0.39 is 0 Å². The summed E-state index contributed by atoms with van der Waals surface area (Å²) in [4.78, 5) is 27.6. The van der Waals surface area contributed by atoms with Crippen molar-refractivity contribution in [1.82, 2.24) is 4.90 Å². The van der Waals surface area contributed by atoms with Gasteiger partial charge in [-0.3, -0.25) is 9.59 Å². The Labute approximate surface area is 200 Å². The highest BCUT2D eigenvalue weighted by molar-refractivity contribution is 6.03. The van der Waals surface area contributed by atoms with Gasteiger partial charge in [0.15, 0.2) is 19.4 Å². The average molecular weight is 476 g/mol. The Balaban J connectivity index is 2.79. The number of ether oxygens (including phenoxy) is 6. The van der Waals surface area contributed by atoms with Crippen molar-refractivity contribution >= 4 is 11.7 Å². The zero-order chi connectivity index (χ0) is 25.1. The molecule has 0 aliphatic carbocycles. The molecule has 2 rings (SSSR count). The third-order valence-corrected chi connectivity index (χ3v) is 5.12. The average Bonchev–Trinajstić information content (AvgIpc) is 2.84. The van der Waals surface area contributed by atoms with Crippen molar-refractivity contribution in [1.29, 1.82) is 0 Å². The fourth-order valence-corrected chi connectivity index (χ4v) is 3.46. The molecule has 2 aromatic carbocycles. The van der Waals surface area contributed by atoms with E-state index >= 15 is 0 Å². The largest absolute Gasteiger partial charge is 0.497 e. The Kier molecular flexibility index (Phi) is 10.8. The normalized spacial score (nSPS) is 10.6. The predicted octanol–water partition coefficient (Wildman–Crippen LogP) is 3.18. The number of Topliss-reactive ketones (excluding diaryl/α,β-unsaturated/α-hetero) is 1. The van der Waals surface area contributed by atoms with Gasteiger partial charge in [0.1, 0.15) is 17.2 Å². The number of carbonyl (C=O) groups excluding carboxylic acids is 2. The molecule has 1 amide bonds. The second-order valence-corrected chi connectivity index (χ2v) is 7.48. The lowest BCUT2D eigenvalue weighted by Gasteiger charge is -2.23. The molecule has 0 unspecified atom stereocenters. The number of rotatable bonds is 14. The molecular weight excluding hydrogens is 442 g/mol. The van der Waals surface area contributed by atoms with E-state index in [4.69, 9.17) is 28.4 Å². The molecule has 186 valence electrons. The van der Waals surface area contributed by atoms with Crippen molar-refractivity contribution in [3.63, 3.8) is 0 Å². The maximum atomic E-state index is 13.2. The molecule has 0 aliphatic rings. The molecule has 0 saturated heterocycles. The fraction of sp³-hybridized carbons (Fsp3) is 0.440. The molecule has 0 aliphatic heterocycles. The SMILES string of the molecule is COCCN(C)C(=O)Cc1c(C(C)=O)c(OCOC)cc(OCOC)c1-c1cccc(OC)c1. The van der Waals surface area contributed by atoms with Gasteiger partial charge in [0.25, 0.3) is 0 Å². The number of methoxy groups -OCH3 is 4. The molecule has 0 atom stereocenters. The molecule has 0 bridgehead atoms. The van der Waals surface area contributed by atoms with Crippen LogP contribution in [0.2, 0.25) is 0 Å². The number of amides is 1. The van der Waals surface area contributed by atoms with Crippen molar-refractivity contribution in [2.75, 3.05) is 62.2 Å². The number of carbonyl (C=O) groups is 2. The first-order chi connectivity index (χ1) is 16.4. The second kappa shape index (κ2) is 13.5. The van der Waals surface area contributed by atoms with Crippen LogP contribution in [0.4, 0.5) is 0 Å². The lowest BCUT2D eigenvalue weighted by molar-refractivity contribution is -0.129. The van der Waals surface area contributed by atoms with Gasteiger partial charge in [-0.05, 0) is 30.2 Å². The summed E-state index contributed by atoms with van der Waals surface area (Å²) in [6.07, 6.45) is -0.0603. The van der Waals surface area contributed by atoms with E-state index in [2.05, 4.69) is 0 Å². The van der Waals surface area contributed by atoms with Gasteiger partial charge in [-0.15, -0.1) is 0 Å². The van der Waals surface area contributed by atoms with Crippen molar-refractivity contribution in [3.05, 3.63) is 41.5 Å². The van der Waals surface area contributed by atoms with Gasteiger partial charge >= 0.3 is 0 Å². The molecule has 0 saturated carbocycles. The number of nitrogens with zero attached hydrogens (tertiary/aromatic N) is 1. The minimum absolute atomic E-state index is 0.0404. The van der Waals surface area contributed by atoms with Gasteiger partial charge in [-0.1, -0.05) is 12.1 Å². The van der Waals surface area contributed by atoms with Crippen molar-refractivity contribution < 1.29 is 38.0 Å². The standard InChI is InChI=1S/C25H33NO8/c1-17(27)24-20(13-23(28)26(2)10-11-29-3)25(18-8-7-9-19(12-18)32-6)22(34-16-31-5)14-21(24)33-15-30-4/h7-9,12,14H,10-11,13,15-16H2,1-6H3. The quantitative estimate of drug-likeness (QED) is 0.304. The number of likely N-dealkylation sites (N-methyl/N-ethyl adjacent to an activating group) is 1. The number of ketones is 1. The molecule has 2 aromatic rings. The highest BCUT2D eigenvalue weighted by Crippen LogP contribution is 2.42. The van der Waals surface area contributed by atoms with Crippen LogP contribution >= 0.6 is 0 Å². The molecule has 9 nitrogen and oxygen atoms in total. The second-order valence-electron chi connectivity index (χ2n) is 7.48. The molecule has 0 fully saturated rings. The van der Waals surface area contributed by atoms with Gasteiger partial charge in [0.2, 0.25) is 5.91 Å². The zero-order valence-electron chi connectivity index (χ0n) is 20.6. The first-order valence-corrected chi connectivity index (χ1v) is 10.7. The van der Waals surface area contributed by atoms with Crippen LogP contribution < -0.4 is 14.2 Å². The van der Waals surface area contributed by atoms with E-state index in [1.807, 2.05) is 24.3 Å². The minimum atomic E-state index is -0.254. The maximum Gasteiger partial charge on any atom is 0.226 e. The first kappa shape index (κ1) is 27.1. The Morgan fingerprint density at radius 1 is 0.912 bits per heavy atom. The number of hydrogen-bond acceptors (Lipinski definition) is 8. The summed E-state index contributed by atoms with van der Waals surface area (Å²) in [7, 11) is 7.82. The van der Waals surface area contributed by atoms with E-state index in [0.29, 0.717) is 41.3 Å². The van der Waals surface area contributed by atoms with E-state index in [1.54, 1.807) is 32.2 Å². The Morgan fingerprint density at radius 2 is 1.59 bits per heavy atom. The Hall–Kier alpha value is -3.14. The van der Waals surface area contributed by atoms with E-state index in [0.717, 1.165) is 0 Å². The molecule has 0 radical (unpaired) electrons. The van der Waals surface area contributed by atoms with Crippen molar-refractivity contribution in [2.45, 2.75) is 13.3 Å². The van der Waals surface area contributed by atoms with Crippen LogP contribution in [-0.2, 0) is 25.4 Å². The van der Waals surface area contributed by atoms with E-state index in [9.17, 15) is 9.59 Å². The lowest BCUT2D eigenvalue weighted by Crippen LogP contribution is -2.31. The van der Waals surface area contributed by atoms with Gasteiger partial charge in [0.05, 0.1) is 25.7 Å². The molecule has 0 heterocycles. The zero-order valence-corrected chi connectivity index (χ0v) is 20.6. The van der Waals surface area contributed by atoms with Crippen LogP contribution in [0.5, 0.6) is 17.2 Å². The summed E-state index contributed by atoms with van der Waals surface area (Å²) in [5.74, 6) is 0.831. The number of hydrogen-bond donors (Lipinski definition) is 0. The summed E-state index contributed by atoms with van der Waals surface area (Å²) in [6, 6.07) is 8.93. The van der Waals surface area contributed by atoms with Gasteiger partial charge in [-0.25, -0.2) is 0 Å². The highest BCUT2D eigenvalue weighted by atomic mass is 16.7. The molecule has 9 heteroatoms. The van der Waals surface area contributed by atoms with Crippen LogP contribution in [0.3, 0.4) is 0 Å². The van der Waals surface area contributed by atoms with Crippen LogP contribution in [0.25, 0.3) is 11.1 Å². The van der Waals surface area contributed by atoms with Gasteiger partial charge in [0, 0.05) is 46.6 Å². The minimum Gasteiger partial charge on any atom is -0.497 e. The summed E-state index contributed by atoms with van der Waals surface area (Å²) in [5, 5.41) is 0. The fourth-order valence-electron chi connectivity index (χ4n) is 3.46. The third-order valence-electron chi connectivity index (χ3n) is 5.12. The summed E-state index contributed by atoms with van der Waals surface area (Å²) in [5.41, 5.74) is 2.07. The maximum absolute atomic E-state index is 13.2. The van der Waals surface area contributed by atoms with Gasteiger partial charge < -0.3 is 33.3 Å². The topological polar surface area (TPSA) is 92.8 Å². The summed E-state index contributed by atoms with van der Waals surface area (Å²) in [6.45, 7) is 2.11. The predicted molar refractivity (Wildman–Crippen MR) is 127 cm³/mol. The Bertz CT molecular complexity index is 976. The summed E-state index contributed by atoms with van der Waals surface area (Å²) >= 11 is 0. The molecular formula is C25H33NO8. The van der Waals surface area contributed by atoms with E-state index in [-0.39, 0.29) is 43.0 Å². The smallest absolute Gasteiger partial charge is 0.226 e. The van der Waals surface area contributed by atoms with Crippen LogP contribution in [0.15, 0.2) is 30.3 Å². The summed E-state index contributed by atoms with van der Waals surface area (Å²) < 4.78 is 32.2. The van der Waals surface area contributed by atoms with Crippen LogP contribution in [0, 0.1) is 0 Å².